The molecule has 15 heavy (non-hydrogen) atoms. The quantitative estimate of drug-likeness (QED) is 0.808. The molecule has 4 nitrogen and oxygen atoms in total. The van der Waals surface area contributed by atoms with Gasteiger partial charge < -0.3 is 10.6 Å². The molecule has 2 heterocycles. The van der Waals surface area contributed by atoms with Crippen LogP contribution in [-0.4, -0.2) is 34.3 Å². The molecule has 2 rings (SSSR count). The van der Waals surface area contributed by atoms with E-state index >= 15 is 0 Å². The Kier molecular flexibility index (Phi) is 3.26. The molecule has 1 fully saturated rings. The maximum atomic E-state index is 5.56. The Hall–Kier alpha value is -1.03. The minimum atomic E-state index is 0.614. The van der Waals surface area contributed by atoms with Crippen molar-refractivity contribution in [1.29, 1.82) is 0 Å². The van der Waals surface area contributed by atoms with Crippen molar-refractivity contribution < 1.29 is 0 Å². The van der Waals surface area contributed by atoms with Crippen molar-refractivity contribution in [1.82, 2.24) is 14.7 Å². The summed E-state index contributed by atoms with van der Waals surface area (Å²) >= 11 is 0. The molecule has 2 N–H and O–H groups in total. The number of rotatable bonds is 4. The Labute approximate surface area is 91.1 Å². The van der Waals surface area contributed by atoms with Crippen molar-refractivity contribution in [2.45, 2.75) is 26.3 Å². The maximum Gasteiger partial charge on any atom is 0.145 e. The van der Waals surface area contributed by atoms with Crippen LogP contribution in [-0.2, 0) is 6.54 Å². The molecule has 1 aliphatic heterocycles. The summed E-state index contributed by atoms with van der Waals surface area (Å²) in [5.74, 6) is 1.52. The molecule has 84 valence electrons. The van der Waals surface area contributed by atoms with E-state index in [0.717, 1.165) is 19.0 Å². The topological polar surface area (TPSA) is 47.1 Å². The first-order valence-corrected chi connectivity index (χ1v) is 5.79. The molecule has 0 bridgehead atoms. The fraction of sp³-hybridized carbons (Fsp3) is 0.727. The second-order valence-corrected chi connectivity index (χ2v) is 4.37. The standard InChI is InChI=1S/C11H20N4/c1-2-10-3-5-14(9-10)7-8-15-6-4-11(12)13-15/h4,6,10H,2-3,5,7-9H2,1H3,(H2,12,13). The van der Waals surface area contributed by atoms with Gasteiger partial charge in [-0.2, -0.15) is 5.10 Å². The van der Waals surface area contributed by atoms with Crippen LogP contribution in [0.25, 0.3) is 0 Å². The minimum Gasteiger partial charge on any atom is -0.382 e. The third-order valence-electron chi connectivity index (χ3n) is 3.25. The number of nitrogen functional groups attached to an aromatic ring is 1. The Morgan fingerprint density at radius 3 is 3.00 bits per heavy atom. The lowest BCUT2D eigenvalue weighted by molar-refractivity contribution is 0.302. The number of hydrogen-bond donors (Lipinski definition) is 1. The van der Waals surface area contributed by atoms with E-state index in [-0.39, 0.29) is 0 Å². The first-order chi connectivity index (χ1) is 7.28. The number of hydrogen-bond acceptors (Lipinski definition) is 3. The maximum absolute atomic E-state index is 5.56. The van der Waals surface area contributed by atoms with Gasteiger partial charge in [-0.25, -0.2) is 0 Å². The molecule has 1 unspecified atom stereocenters. The molecular weight excluding hydrogens is 188 g/mol. The molecule has 1 aromatic rings. The Balaban J connectivity index is 1.75. The highest BCUT2D eigenvalue weighted by molar-refractivity contribution is 5.23. The first-order valence-electron chi connectivity index (χ1n) is 5.79. The molecular formula is C11H20N4. The Morgan fingerprint density at radius 2 is 2.40 bits per heavy atom. The molecule has 0 radical (unpaired) electrons. The number of nitrogens with zero attached hydrogens (tertiary/aromatic N) is 3. The number of likely N-dealkylation sites (tertiary alicyclic amines) is 1. The lowest BCUT2D eigenvalue weighted by atomic mass is 10.1. The van der Waals surface area contributed by atoms with E-state index in [0.29, 0.717) is 5.82 Å². The van der Waals surface area contributed by atoms with Crippen LogP contribution in [0.1, 0.15) is 19.8 Å². The SMILES string of the molecule is CCC1CCN(CCn2ccc(N)n2)C1. The van der Waals surface area contributed by atoms with Crippen molar-refractivity contribution in [3.8, 4) is 0 Å². The van der Waals surface area contributed by atoms with Crippen LogP contribution in [0.5, 0.6) is 0 Å². The second kappa shape index (κ2) is 4.66. The van der Waals surface area contributed by atoms with Gasteiger partial charge in [0, 0.05) is 19.3 Å². The van der Waals surface area contributed by atoms with Crippen molar-refractivity contribution >= 4 is 5.82 Å². The highest BCUT2D eigenvalue weighted by atomic mass is 15.3. The van der Waals surface area contributed by atoms with Gasteiger partial charge in [0.05, 0.1) is 6.54 Å². The molecule has 0 aromatic carbocycles. The van der Waals surface area contributed by atoms with Gasteiger partial charge in [-0.15, -0.1) is 0 Å². The highest BCUT2D eigenvalue weighted by Crippen LogP contribution is 2.18. The van der Waals surface area contributed by atoms with E-state index < -0.39 is 0 Å². The average molecular weight is 208 g/mol. The lowest BCUT2D eigenvalue weighted by Gasteiger charge is -2.15. The van der Waals surface area contributed by atoms with Gasteiger partial charge in [0.2, 0.25) is 0 Å². The Morgan fingerprint density at radius 1 is 1.53 bits per heavy atom. The summed E-state index contributed by atoms with van der Waals surface area (Å²) in [6, 6.07) is 1.85. The third kappa shape index (κ3) is 2.72. The van der Waals surface area contributed by atoms with Gasteiger partial charge in [0.1, 0.15) is 5.82 Å². The summed E-state index contributed by atoms with van der Waals surface area (Å²) in [7, 11) is 0. The van der Waals surface area contributed by atoms with Gasteiger partial charge in [0.25, 0.3) is 0 Å². The van der Waals surface area contributed by atoms with Crippen LogP contribution < -0.4 is 5.73 Å². The van der Waals surface area contributed by atoms with Crippen LogP contribution in [0.15, 0.2) is 12.3 Å². The second-order valence-electron chi connectivity index (χ2n) is 4.37. The molecule has 0 saturated carbocycles. The zero-order chi connectivity index (χ0) is 10.7. The molecule has 1 aromatic heterocycles. The van der Waals surface area contributed by atoms with E-state index in [1.54, 1.807) is 0 Å². The summed E-state index contributed by atoms with van der Waals surface area (Å²) in [6.07, 6.45) is 4.62. The fourth-order valence-electron chi connectivity index (χ4n) is 2.19. The van der Waals surface area contributed by atoms with Crippen LogP contribution >= 0.6 is 0 Å². The lowest BCUT2D eigenvalue weighted by Crippen LogP contribution is -2.25. The normalized spacial score (nSPS) is 22.3. The first kappa shape index (κ1) is 10.5. The zero-order valence-corrected chi connectivity index (χ0v) is 9.39. The Bertz CT molecular complexity index is 307. The fourth-order valence-corrected chi connectivity index (χ4v) is 2.19. The summed E-state index contributed by atoms with van der Waals surface area (Å²) in [6.45, 7) is 6.83. The summed E-state index contributed by atoms with van der Waals surface area (Å²) in [5, 5.41) is 4.18. The van der Waals surface area contributed by atoms with Gasteiger partial charge in [-0.05, 0) is 24.9 Å². The highest BCUT2D eigenvalue weighted by Gasteiger charge is 2.20. The number of anilines is 1. The van der Waals surface area contributed by atoms with E-state index in [1.807, 2.05) is 16.9 Å². The zero-order valence-electron chi connectivity index (χ0n) is 9.39. The largest absolute Gasteiger partial charge is 0.382 e. The number of nitrogens with two attached hydrogens (primary N) is 1. The molecule has 1 atom stereocenters. The molecule has 0 spiro atoms. The molecule has 0 amide bonds. The van der Waals surface area contributed by atoms with E-state index in [2.05, 4.69) is 16.9 Å². The van der Waals surface area contributed by atoms with Gasteiger partial charge in [-0.3, -0.25) is 4.68 Å². The molecule has 0 aliphatic carbocycles. The van der Waals surface area contributed by atoms with Crippen molar-refractivity contribution in [2.75, 3.05) is 25.4 Å². The third-order valence-corrected chi connectivity index (χ3v) is 3.25. The van der Waals surface area contributed by atoms with Crippen molar-refractivity contribution in [3.05, 3.63) is 12.3 Å². The summed E-state index contributed by atoms with van der Waals surface area (Å²) < 4.78 is 1.93. The van der Waals surface area contributed by atoms with E-state index in [9.17, 15) is 0 Å². The van der Waals surface area contributed by atoms with Gasteiger partial charge >= 0.3 is 0 Å². The smallest absolute Gasteiger partial charge is 0.145 e. The average Bonchev–Trinajstić information content (AvgIpc) is 2.83. The van der Waals surface area contributed by atoms with Crippen molar-refractivity contribution in [3.63, 3.8) is 0 Å². The summed E-state index contributed by atoms with van der Waals surface area (Å²) in [5.41, 5.74) is 5.56. The van der Waals surface area contributed by atoms with Crippen LogP contribution in [0.2, 0.25) is 0 Å². The van der Waals surface area contributed by atoms with E-state index in [1.165, 1.54) is 25.9 Å². The van der Waals surface area contributed by atoms with E-state index in [4.69, 9.17) is 5.73 Å². The van der Waals surface area contributed by atoms with Crippen LogP contribution in [0.3, 0.4) is 0 Å². The number of aromatic nitrogens is 2. The monoisotopic (exact) mass is 208 g/mol. The predicted molar refractivity (Wildman–Crippen MR) is 61.5 cm³/mol. The minimum absolute atomic E-state index is 0.614. The molecule has 1 aliphatic rings. The summed E-state index contributed by atoms with van der Waals surface area (Å²) in [4.78, 5) is 2.52. The van der Waals surface area contributed by atoms with Crippen LogP contribution in [0, 0.1) is 5.92 Å². The van der Waals surface area contributed by atoms with Crippen molar-refractivity contribution in [2.24, 2.45) is 5.92 Å². The van der Waals surface area contributed by atoms with Gasteiger partial charge in [0.15, 0.2) is 0 Å². The molecule has 1 saturated heterocycles. The van der Waals surface area contributed by atoms with Gasteiger partial charge in [-0.1, -0.05) is 13.3 Å². The van der Waals surface area contributed by atoms with Crippen LogP contribution in [0.4, 0.5) is 5.82 Å². The predicted octanol–water partition coefficient (Wildman–Crippen LogP) is 1.20. The molecule has 4 heteroatoms.